The summed E-state index contributed by atoms with van der Waals surface area (Å²) < 4.78 is 1.70. The summed E-state index contributed by atoms with van der Waals surface area (Å²) in [6, 6.07) is 14.8. The molecular formula is C22H24ClN3O2. The van der Waals surface area contributed by atoms with Gasteiger partial charge in [-0.25, -0.2) is 0 Å². The number of halogens is 1. The molecule has 1 amide bonds. The van der Waals surface area contributed by atoms with Crippen LogP contribution in [-0.2, 0) is 17.8 Å². The highest BCUT2D eigenvalue weighted by molar-refractivity contribution is 6.30. The van der Waals surface area contributed by atoms with Crippen LogP contribution in [-0.4, -0.2) is 36.0 Å². The number of rotatable bonds is 7. The van der Waals surface area contributed by atoms with Gasteiger partial charge in [0.2, 0.25) is 5.91 Å². The molecule has 5 nitrogen and oxygen atoms in total. The molecule has 1 heterocycles. The Morgan fingerprint density at radius 1 is 1.11 bits per heavy atom. The van der Waals surface area contributed by atoms with Gasteiger partial charge in [-0.1, -0.05) is 29.8 Å². The fraction of sp³-hybridized carbons (Fsp3) is 0.273. The molecule has 0 aliphatic heterocycles. The number of amides is 1. The van der Waals surface area contributed by atoms with E-state index in [1.165, 1.54) is 0 Å². The number of hydrogen-bond donors (Lipinski definition) is 1. The van der Waals surface area contributed by atoms with Crippen molar-refractivity contribution in [3.63, 3.8) is 0 Å². The Morgan fingerprint density at radius 3 is 2.64 bits per heavy atom. The van der Waals surface area contributed by atoms with Crippen molar-refractivity contribution in [3.8, 4) is 0 Å². The maximum atomic E-state index is 12.7. The first-order valence-electron chi connectivity index (χ1n) is 9.25. The van der Waals surface area contributed by atoms with Crippen LogP contribution in [0.2, 0.25) is 5.02 Å². The minimum atomic E-state index is -0.0933. The number of hydrogen-bond acceptors (Lipinski definition) is 3. The van der Waals surface area contributed by atoms with Crippen LogP contribution in [0, 0.1) is 0 Å². The van der Waals surface area contributed by atoms with Gasteiger partial charge >= 0.3 is 0 Å². The third-order valence-electron chi connectivity index (χ3n) is 4.61. The lowest BCUT2D eigenvalue weighted by atomic mass is 10.1. The molecule has 3 rings (SSSR count). The summed E-state index contributed by atoms with van der Waals surface area (Å²) in [5.41, 5.74) is 1.63. The third kappa shape index (κ3) is 5.00. The molecule has 1 aromatic heterocycles. The van der Waals surface area contributed by atoms with Gasteiger partial charge in [0.25, 0.3) is 5.56 Å². The maximum Gasteiger partial charge on any atom is 0.258 e. The van der Waals surface area contributed by atoms with E-state index in [1.807, 2.05) is 55.4 Å². The topological polar surface area (TPSA) is 54.3 Å². The molecule has 0 atom stereocenters. The molecular weight excluding hydrogens is 374 g/mol. The van der Waals surface area contributed by atoms with Gasteiger partial charge in [-0.2, -0.15) is 0 Å². The molecule has 0 unspecified atom stereocenters. The minimum absolute atomic E-state index is 0.0469. The number of carbonyl (C=O) groups is 1. The number of nitrogens with one attached hydrogen (secondary N) is 1. The predicted octanol–water partition coefficient (Wildman–Crippen LogP) is 3.79. The van der Waals surface area contributed by atoms with Crippen LogP contribution in [0.4, 0.5) is 5.69 Å². The number of likely N-dealkylation sites (N-methyl/N-ethyl adjacent to an activating group) is 1. The first kappa shape index (κ1) is 20.1. The molecule has 0 saturated heterocycles. The van der Waals surface area contributed by atoms with E-state index >= 15 is 0 Å². The number of carbonyl (C=O) groups excluding carboxylic acids is 1. The molecule has 2 aromatic carbocycles. The Morgan fingerprint density at radius 2 is 1.89 bits per heavy atom. The third-order valence-corrected chi connectivity index (χ3v) is 4.85. The van der Waals surface area contributed by atoms with Gasteiger partial charge in [0.1, 0.15) is 0 Å². The molecule has 0 saturated carbocycles. The van der Waals surface area contributed by atoms with E-state index in [-0.39, 0.29) is 11.5 Å². The second-order valence-corrected chi connectivity index (χ2v) is 7.50. The van der Waals surface area contributed by atoms with E-state index in [9.17, 15) is 9.59 Å². The van der Waals surface area contributed by atoms with Crippen molar-refractivity contribution < 1.29 is 4.79 Å². The number of pyridine rings is 1. The van der Waals surface area contributed by atoms with Crippen molar-refractivity contribution in [3.05, 3.63) is 75.7 Å². The van der Waals surface area contributed by atoms with Gasteiger partial charge in [0.15, 0.2) is 0 Å². The molecule has 0 radical (unpaired) electrons. The molecule has 6 heteroatoms. The van der Waals surface area contributed by atoms with E-state index in [2.05, 4.69) is 5.32 Å². The number of anilines is 1. The highest BCUT2D eigenvalue weighted by Crippen LogP contribution is 2.21. The Bertz CT molecular complexity index is 1040. The zero-order chi connectivity index (χ0) is 20.1. The van der Waals surface area contributed by atoms with Gasteiger partial charge in [-0.3, -0.25) is 9.59 Å². The molecule has 3 aromatic rings. The monoisotopic (exact) mass is 397 g/mol. The number of aromatic nitrogens is 1. The number of benzene rings is 2. The van der Waals surface area contributed by atoms with Gasteiger partial charge < -0.3 is 14.8 Å². The van der Waals surface area contributed by atoms with Crippen molar-refractivity contribution in [1.82, 2.24) is 9.47 Å². The zero-order valence-corrected chi connectivity index (χ0v) is 16.9. The summed E-state index contributed by atoms with van der Waals surface area (Å²) >= 11 is 5.99. The van der Waals surface area contributed by atoms with E-state index in [0.29, 0.717) is 35.5 Å². The fourth-order valence-electron chi connectivity index (χ4n) is 3.07. The maximum absolute atomic E-state index is 12.7. The normalized spacial score (nSPS) is 11.1. The molecule has 146 valence electrons. The molecule has 0 fully saturated rings. The van der Waals surface area contributed by atoms with Gasteiger partial charge in [0.05, 0.1) is 0 Å². The molecule has 28 heavy (non-hydrogen) atoms. The van der Waals surface area contributed by atoms with Crippen molar-refractivity contribution in [2.45, 2.75) is 19.4 Å². The number of nitrogens with zero attached hydrogens (tertiary/aromatic N) is 2. The lowest BCUT2D eigenvalue weighted by molar-refractivity contribution is -0.116. The quantitative estimate of drug-likeness (QED) is 0.660. The van der Waals surface area contributed by atoms with Crippen molar-refractivity contribution in [2.75, 3.05) is 26.0 Å². The molecule has 0 spiro atoms. The number of fused-ring (bicyclic) bond motifs is 1. The van der Waals surface area contributed by atoms with Gasteiger partial charge in [0, 0.05) is 47.2 Å². The first-order valence-corrected chi connectivity index (χ1v) is 9.63. The van der Waals surface area contributed by atoms with E-state index < -0.39 is 0 Å². The highest BCUT2D eigenvalue weighted by atomic mass is 35.5. The Balaban J connectivity index is 1.74. The van der Waals surface area contributed by atoms with E-state index in [1.54, 1.807) is 22.9 Å². The summed E-state index contributed by atoms with van der Waals surface area (Å²) in [4.78, 5) is 27.2. The Labute approximate surface area is 169 Å². The van der Waals surface area contributed by atoms with Crippen LogP contribution < -0.4 is 10.9 Å². The summed E-state index contributed by atoms with van der Waals surface area (Å²) in [5.74, 6) is -0.0933. The van der Waals surface area contributed by atoms with Crippen LogP contribution in [0.15, 0.2) is 59.5 Å². The second-order valence-electron chi connectivity index (χ2n) is 7.06. The highest BCUT2D eigenvalue weighted by Gasteiger charge is 2.10. The van der Waals surface area contributed by atoms with Crippen molar-refractivity contribution in [2.24, 2.45) is 0 Å². The largest absolute Gasteiger partial charge is 0.326 e. The van der Waals surface area contributed by atoms with Crippen LogP contribution in [0.5, 0.6) is 0 Å². The molecule has 0 bridgehead atoms. The molecule has 1 N–H and O–H groups in total. The smallest absolute Gasteiger partial charge is 0.258 e. The van der Waals surface area contributed by atoms with Crippen LogP contribution in [0.3, 0.4) is 0 Å². The minimum Gasteiger partial charge on any atom is -0.326 e. The van der Waals surface area contributed by atoms with Crippen LogP contribution in [0.25, 0.3) is 10.8 Å². The summed E-state index contributed by atoms with van der Waals surface area (Å²) in [6.45, 7) is 1.41. The standard InChI is InChI=1S/C22H24ClN3O2/c1-25(2)13-14-26-12-11-18-19(22(26)28)7-4-8-20(18)24-21(27)10-9-16-5-3-6-17(23)15-16/h3-8,11-12,15H,9-10,13-14H2,1-2H3,(H,24,27). The summed E-state index contributed by atoms with van der Waals surface area (Å²) in [7, 11) is 3.95. The second kappa shape index (κ2) is 9.04. The first-order chi connectivity index (χ1) is 13.4. The predicted molar refractivity (Wildman–Crippen MR) is 115 cm³/mol. The Kier molecular flexibility index (Phi) is 6.49. The Hall–Kier alpha value is -2.63. The molecule has 0 aliphatic rings. The van der Waals surface area contributed by atoms with Crippen LogP contribution >= 0.6 is 11.6 Å². The zero-order valence-electron chi connectivity index (χ0n) is 16.1. The average molecular weight is 398 g/mol. The molecule has 0 aliphatic carbocycles. The van der Waals surface area contributed by atoms with Crippen molar-refractivity contribution >= 4 is 34.0 Å². The van der Waals surface area contributed by atoms with Gasteiger partial charge in [-0.05, 0) is 56.4 Å². The van der Waals surface area contributed by atoms with E-state index in [4.69, 9.17) is 11.6 Å². The average Bonchev–Trinajstić information content (AvgIpc) is 2.66. The lowest BCUT2D eigenvalue weighted by Gasteiger charge is -2.13. The van der Waals surface area contributed by atoms with Crippen molar-refractivity contribution in [1.29, 1.82) is 0 Å². The number of aryl methyl sites for hydroxylation is 1. The SMILES string of the molecule is CN(C)CCn1ccc2c(NC(=O)CCc3cccc(Cl)c3)cccc2c1=O. The summed E-state index contributed by atoms with van der Waals surface area (Å²) in [5, 5.41) is 4.96. The van der Waals surface area contributed by atoms with Crippen LogP contribution in [0.1, 0.15) is 12.0 Å². The summed E-state index contributed by atoms with van der Waals surface area (Å²) in [6.07, 6.45) is 2.74. The fourth-order valence-corrected chi connectivity index (χ4v) is 3.29. The van der Waals surface area contributed by atoms with Gasteiger partial charge in [-0.15, -0.1) is 0 Å². The van der Waals surface area contributed by atoms with E-state index in [0.717, 1.165) is 17.5 Å². The lowest BCUT2D eigenvalue weighted by Crippen LogP contribution is -2.26.